The van der Waals surface area contributed by atoms with Crippen LogP contribution in [0.3, 0.4) is 0 Å². The molecule has 4 aromatic rings. The lowest BCUT2D eigenvalue weighted by Gasteiger charge is -2.19. The Hall–Kier alpha value is -3.87. The summed E-state index contributed by atoms with van der Waals surface area (Å²) in [5.41, 5.74) is 5.16. The zero-order chi connectivity index (χ0) is 24.1. The van der Waals surface area contributed by atoms with Crippen molar-refractivity contribution >= 4 is 11.6 Å². The lowest BCUT2D eigenvalue weighted by molar-refractivity contribution is 0.0794. The molecule has 176 valence electrons. The fourth-order valence-corrected chi connectivity index (χ4v) is 4.03. The molecule has 0 aliphatic heterocycles. The fraction of sp³-hybridized carbons (Fsp3) is 0.296. The van der Waals surface area contributed by atoms with Gasteiger partial charge in [-0.05, 0) is 30.5 Å². The molecule has 0 saturated carbocycles. The van der Waals surface area contributed by atoms with Crippen LogP contribution in [0.4, 0.5) is 0 Å². The predicted molar refractivity (Wildman–Crippen MR) is 133 cm³/mol. The summed E-state index contributed by atoms with van der Waals surface area (Å²) in [6.45, 7) is 2.66. The van der Waals surface area contributed by atoms with Crippen molar-refractivity contribution in [1.29, 1.82) is 0 Å². The summed E-state index contributed by atoms with van der Waals surface area (Å²) in [6, 6.07) is 17.8. The van der Waals surface area contributed by atoms with E-state index >= 15 is 0 Å². The van der Waals surface area contributed by atoms with E-state index < -0.39 is 0 Å². The van der Waals surface area contributed by atoms with Crippen molar-refractivity contribution in [2.24, 2.45) is 0 Å². The third-order valence-electron chi connectivity index (χ3n) is 5.90. The number of benzene rings is 2. The van der Waals surface area contributed by atoms with Crippen molar-refractivity contribution in [2.45, 2.75) is 26.2 Å². The highest BCUT2D eigenvalue weighted by Crippen LogP contribution is 2.28. The van der Waals surface area contributed by atoms with Crippen LogP contribution in [0.1, 0.15) is 35.0 Å². The quantitative estimate of drug-likeness (QED) is 0.364. The second-order valence-corrected chi connectivity index (χ2v) is 8.20. The average molecular weight is 459 g/mol. The zero-order valence-corrected chi connectivity index (χ0v) is 20.1. The van der Waals surface area contributed by atoms with Crippen molar-refractivity contribution in [3.05, 3.63) is 77.6 Å². The molecule has 7 nitrogen and oxygen atoms in total. The first-order chi connectivity index (χ1) is 16.5. The summed E-state index contributed by atoms with van der Waals surface area (Å²) in [7, 11) is 5.06. The molecular weight excluding hydrogens is 428 g/mol. The fourth-order valence-electron chi connectivity index (χ4n) is 4.03. The molecule has 4 rings (SSSR count). The summed E-state index contributed by atoms with van der Waals surface area (Å²) in [6.07, 6.45) is 4.02. The number of nitrogens with zero attached hydrogens (tertiary/aromatic N) is 4. The Balaban J connectivity index is 1.58. The maximum Gasteiger partial charge on any atom is 0.257 e. The number of fused-ring (bicyclic) bond motifs is 1. The van der Waals surface area contributed by atoms with E-state index in [4.69, 9.17) is 14.6 Å². The SMILES string of the molecule is CCCc1c(C(=O)N(C)CCc2ccc(OC)c(OC)c2)cnc2cc(-c3ccccc3)nn12. The van der Waals surface area contributed by atoms with Crippen LogP contribution in [0.25, 0.3) is 16.9 Å². The molecule has 2 aromatic heterocycles. The molecule has 2 aromatic carbocycles. The lowest BCUT2D eigenvalue weighted by Crippen LogP contribution is -2.30. The summed E-state index contributed by atoms with van der Waals surface area (Å²) in [5, 5.41) is 4.79. The Morgan fingerprint density at radius 3 is 2.47 bits per heavy atom. The minimum absolute atomic E-state index is 0.0601. The normalized spacial score (nSPS) is 10.9. The van der Waals surface area contributed by atoms with Gasteiger partial charge in [0.2, 0.25) is 0 Å². The second kappa shape index (κ2) is 10.4. The Labute approximate surface area is 200 Å². The van der Waals surface area contributed by atoms with Crippen LogP contribution in [-0.2, 0) is 12.8 Å². The second-order valence-electron chi connectivity index (χ2n) is 8.20. The van der Waals surface area contributed by atoms with Gasteiger partial charge in [-0.2, -0.15) is 5.10 Å². The third kappa shape index (κ3) is 4.73. The van der Waals surface area contributed by atoms with Crippen molar-refractivity contribution in [2.75, 3.05) is 27.8 Å². The van der Waals surface area contributed by atoms with Crippen LogP contribution in [0.2, 0.25) is 0 Å². The van der Waals surface area contributed by atoms with E-state index in [1.165, 1.54) is 0 Å². The van der Waals surface area contributed by atoms with Crippen LogP contribution in [0.5, 0.6) is 11.5 Å². The number of hydrogen-bond donors (Lipinski definition) is 0. The van der Waals surface area contributed by atoms with Gasteiger partial charge in [-0.3, -0.25) is 4.79 Å². The summed E-state index contributed by atoms with van der Waals surface area (Å²) >= 11 is 0. The van der Waals surface area contributed by atoms with Gasteiger partial charge in [0, 0.05) is 31.4 Å². The molecule has 0 atom stereocenters. The number of aryl methyl sites for hydroxylation is 1. The van der Waals surface area contributed by atoms with Crippen LogP contribution in [0, 0.1) is 0 Å². The van der Waals surface area contributed by atoms with E-state index in [1.54, 1.807) is 25.3 Å². The Morgan fingerprint density at radius 1 is 1.00 bits per heavy atom. The first-order valence-corrected chi connectivity index (χ1v) is 11.4. The number of rotatable bonds is 9. The number of carbonyl (C=O) groups is 1. The molecule has 7 heteroatoms. The third-order valence-corrected chi connectivity index (χ3v) is 5.90. The minimum atomic E-state index is -0.0601. The minimum Gasteiger partial charge on any atom is -0.493 e. The van der Waals surface area contributed by atoms with Gasteiger partial charge < -0.3 is 14.4 Å². The highest BCUT2D eigenvalue weighted by atomic mass is 16.5. The Bertz CT molecular complexity index is 1280. The van der Waals surface area contributed by atoms with E-state index in [2.05, 4.69) is 11.9 Å². The first-order valence-electron chi connectivity index (χ1n) is 11.4. The maximum absolute atomic E-state index is 13.4. The molecule has 0 fully saturated rings. The van der Waals surface area contributed by atoms with Gasteiger partial charge in [0.1, 0.15) is 0 Å². The average Bonchev–Trinajstić information content (AvgIpc) is 3.32. The topological polar surface area (TPSA) is 69.0 Å². The number of ether oxygens (including phenoxy) is 2. The molecule has 0 radical (unpaired) electrons. The van der Waals surface area contributed by atoms with Crippen LogP contribution in [0.15, 0.2) is 60.8 Å². The van der Waals surface area contributed by atoms with Gasteiger partial charge in [-0.15, -0.1) is 0 Å². The molecule has 0 bridgehead atoms. The molecular formula is C27H30N4O3. The van der Waals surface area contributed by atoms with Gasteiger partial charge in [-0.1, -0.05) is 49.7 Å². The molecule has 0 N–H and O–H groups in total. The van der Waals surface area contributed by atoms with Crippen LogP contribution in [-0.4, -0.2) is 53.2 Å². The maximum atomic E-state index is 13.4. The summed E-state index contributed by atoms with van der Waals surface area (Å²) < 4.78 is 12.5. The first kappa shape index (κ1) is 23.3. The van der Waals surface area contributed by atoms with Crippen molar-refractivity contribution < 1.29 is 14.3 Å². The summed E-state index contributed by atoms with van der Waals surface area (Å²) in [5.74, 6) is 1.31. The largest absolute Gasteiger partial charge is 0.493 e. The van der Waals surface area contributed by atoms with Crippen molar-refractivity contribution in [3.63, 3.8) is 0 Å². The van der Waals surface area contributed by atoms with Gasteiger partial charge in [0.15, 0.2) is 17.1 Å². The number of aromatic nitrogens is 3. The van der Waals surface area contributed by atoms with Crippen LogP contribution >= 0.6 is 0 Å². The van der Waals surface area contributed by atoms with Crippen molar-refractivity contribution in [3.8, 4) is 22.8 Å². The van der Waals surface area contributed by atoms with Gasteiger partial charge in [0.25, 0.3) is 5.91 Å². The van der Waals surface area contributed by atoms with E-state index in [9.17, 15) is 4.79 Å². The monoisotopic (exact) mass is 458 g/mol. The number of likely N-dealkylation sites (N-methyl/N-ethyl adjacent to an activating group) is 1. The van der Waals surface area contributed by atoms with Crippen molar-refractivity contribution in [1.82, 2.24) is 19.5 Å². The predicted octanol–water partition coefficient (Wildman–Crippen LogP) is 4.68. The molecule has 1 amide bonds. The number of hydrogen-bond acceptors (Lipinski definition) is 5. The lowest BCUT2D eigenvalue weighted by atomic mass is 10.1. The molecule has 0 spiro atoms. The Morgan fingerprint density at radius 2 is 1.76 bits per heavy atom. The van der Waals surface area contributed by atoms with Gasteiger partial charge in [0.05, 0.1) is 31.2 Å². The summed E-state index contributed by atoms with van der Waals surface area (Å²) in [4.78, 5) is 19.7. The number of methoxy groups -OCH3 is 2. The zero-order valence-electron chi connectivity index (χ0n) is 20.1. The van der Waals surface area contributed by atoms with Crippen LogP contribution < -0.4 is 9.47 Å². The number of carbonyl (C=O) groups excluding carboxylic acids is 1. The highest BCUT2D eigenvalue weighted by Gasteiger charge is 2.20. The molecule has 0 unspecified atom stereocenters. The highest BCUT2D eigenvalue weighted by molar-refractivity contribution is 5.95. The number of amides is 1. The standard InChI is InChI=1S/C27H30N4O3/c1-5-9-23-21(18-28-26-17-22(29-31(23)26)20-10-7-6-8-11-20)27(32)30(2)15-14-19-12-13-24(33-3)25(16-19)34-4/h6-8,10-13,16-18H,5,9,14-15H2,1-4H3. The van der Waals surface area contributed by atoms with E-state index in [0.29, 0.717) is 30.0 Å². The molecule has 2 heterocycles. The van der Waals surface area contributed by atoms with E-state index in [0.717, 1.165) is 41.0 Å². The smallest absolute Gasteiger partial charge is 0.257 e. The van der Waals surface area contributed by atoms with E-state index in [-0.39, 0.29) is 5.91 Å². The van der Waals surface area contributed by atoms with Gasteiger partial charge >= 0.3 is 0 Å². The molecule has 0 saturated heterocycles. The molecule has 34 heavy (non-hydrogen) atoms. The molecule has 0 aliphatic rings. The Kier molecular flexibility index (Phi) is 7.11. The van der Waals surface area contributed by atoms with E-state index in [1.807, 2.05) is 66.2 Å². The molecule has 0 aliphatic carbocycles. The van der Waals surface area contributed by atoms with Gasteiger partial charge in [-0.25, -0.2) is 9.50 Å².